The predicted octanol–water partition coefficient (Wildman–Crippen LogP) is 3.02. The maximum Gasteiger partial charge on any atom is 0.237 e. The molecule has 0 aromatic heterocycles. The van der Waals surface area contributed by atoms with Gasteiger partial charge in [-0.05, 0) is 31.4 Å². The van der Waals surface area contributed by atoms with E-state index in [9.17, 15) is 4.79 Å². The molecule has 0 spiro atoms. The molecule has 1 aliphatic rings. The summed E-state index contributed by atoms with van der Waals surface area (Å²) in [7, 11) is 1.87. The molecule has 0 heterocycles. The molecule has 1 amide bonds. The SMILES string of the molecule is CCCNC(=O)[C@@H](NC)C(c1ccccc1)C1C=CC=CC1. The predicted molar refractivity (Wildman–Crippen MR) is 91.7 cm³/mol. The Kier molecular flexibility index (Phi) is 6.41. The van der Waals surface area contributed by atoms with Gasteiger partial charge in [0.2, 0.25) is 5.91 Å². The lowest BCUT2D eigenvalue weighted by atomic mass is 9.77. The van der Waals surface area contributed by atoms with Crippen molar-refractivity contribution in [2.24, 2.45) is 5.92 Å². The summed E-state index contributed by atoms with van der Waals surface area (Å²) in [6, 6.07) is 10.1. The Morgan fingerprint density at radius 1 is 1.27 bits per heavy atom. The van der Waals surface area contributed by atoms with Crippen LogP contribution in [0, 0.1) is 5.92 Å². The van der Waals surface area contributed by atoms with Gasteiger partial charge in [-0.25, -0.2) is 0 Å². The Balaban J connectivity index is 2.27. The van der Waals surface area contributed by atoms with Crippen LogP contribution in [0.15, 0.2) is 54.6 Å². The van der Waals surface area contributed by atoms with Crippen molar-refractivity contribution < 1.29 is 4.79 Å². The summed E-state index contributed by atoms with van der Waals surface area (Å²) in [5.41, 5.74) is 1.21. The van der Waals surface area contributed by atoms with Crippen LogP contribution in [0.5, 0.6) is 0 Å². The maximum atomic E-state index is 12.6. The average Bonchev–Trinajstić information content (AvgIpc) is 2.59. The molecule has 118 valence electrons. The van der Waals surface area contributed by atoms with Crippen molar-refractivity contribution in [1.29, 1.82) is 0 Å². The molecule has 0 saturated carbocycles. The second-order valence-corrected chi connectivity index (χ2v) is 5.71. The van der Waals surface area contributed by atoms with E-state index in [-0.39, 0.29) is 17.9 Å². The van der Waals surface area contributed by atoms with Crippen molar-refractivity contribution in [1.82, 2.24) is 10.6 Å². The quantitative estimate of drug-likeness (QED) is 0.812. The second kappa shape index (κ2) is 8.54. The highest BCUT2D eigenvalue weighted by Gasteiger charge is 2.33. The first kappa shape index (κ1) is 16.5. The lowest BCUT2D eigenvalue weighted by Crippen LogP contribution is -2.48. The van der Waals surface area contributed by atoms with Gasteiger partial charge in [0, 0.05) is 12.5 Å². The molecule has 2 unspecified atom stereocenters. The molecule has 1 aromatic rings. The molecule has 3 nitrogen and oxygen atoms in total. The van der Waals surface area contributed by atoms with Crippen molar-refractivity contribution >= 4 is 5.91 Å². The second-order valence-electron chi connectivity index (χ2n) is 5.71. The van der Waals surface area contributed by atoms with E-state index in [0.717, 1.165) is 19.4 Å². The van der Waals surface area contributed by atoms with E-state index in [2.05, 4.69) is 54.0 Å². The molecule has 1 aromatic carbocycles. The largest absolute Gasteiger partial charge is 0.355 e. The third-order valence-electron chi connectivity index (χ3n) is 4.16. The minimum absolute atomic E-state index is 0.0844. The number of hydrogen-bond acceptors (Lipinski definition) is 2. The van der Waals surface area contributed by atoms with E-state index < -0.39 is 0 Å². The monoisotopic (exact) mass is 298 g/mol. The van der Waals surface area contributed by atoms with E-state index >= 15 is 0 Å². The number of carbonyl (C=O) groups excluding carboxylic acids is 1. The third-order valence-corrected chi connectivity index (χ3v) is 4.16. The van der Waals surface area contributed by atoms with Gasteiger partial charge in [0.15, 0.2) is 0 Å². The maximum absolute atomic E-state index is 12.6. The first-order valence-electron chi connectivity index (χ1n) is 8.11. The molecule has 0 bridgehead atoms. The summed E-state index contributed by atoms with van der Waals surface area (Å²) in [4.78, 5) is 12.6. The molecular weight excluding hydrogens is 272 g/mol. The zero-order chi connectivity index (χ0) is 15.8. The Hall–Kier alpha value is -1.87. The van der Waals surface area contributed by atoms with Crippen LogP contribution in [0.25, 0.3) is 0 Å². The Morgan fingerprint density at radius 3 is 2.64 bits per heavy atom. The fourth-order valence-electron chi connectivity index (χ4n) is 3.06. The summed E-state index contributed by atoms with van der Waals surface area (Å²) in [6.07, 6.45) is 10.5. The molecule has 3 heteroatoms. The highest BCUT2D eigenvalue weighted by Crippen LogP contribution is 2.33. The summed E-state index contributed by atoms with van der Waals surface area (Å²) >= 11 is 0. The highest BCUT2D eigenvalue weighted by molar-refractivity contribution is 5.83. The van der Waals surface area contributed by atoms with Crippen LogP contribution >= 0.6 is 0 Å². The Bertz CT molecular complexity index is 521. The van der Waals surface area contributed by atoms with E-state index in [1.54, 1.807) is 0 Å². The zero-order valence-corrected chi connectivity index (χ0v) is 13.5. The molecule has 2 rings (SSSR count). The van der Waals surface area contributed by atoms with E-state index in [4.69, 9.17) is 0 Å². The molecule has 2 N–H and O–H groups in total. The van der Waals surface area contributed by atoms with Gasteiger partial charge in [0.25, 0.3) is 0 Å². The van der Waals surface area contributed by atoms with Crippen LogP contribution in [0.3, 0.4) is 0 Å². The first-order chi connectivity index (χ1) is 10.8. The van der Waals surface area contributed by atoms with Crippen molar-refractivity contribution in [3.05, 3.63) is 60.2 Å². The summed E-state index contributed by atoms with van der Waals surface area (Å²) < 4.78 is 0. The molecule has 3 atom stereocenters. The lowest BCUT2D eigenvalue weighted by molar-refractivity contribution is -0.123. The number of benzene rings is 1. The number of rotatable bonds is 7. The highest BCUT2D eigenvalue weighted by atomic mass is 16.2. The van der Waals surface area contributed by atoms with Gasteiger partial charge in [-0.1, -0.05) is 61.6 Å². The van der Waals surface area contributed by atoms with E-state index in [1.165, 1.54) is 5.56 Å². The van der Waals surface area contributed by atoms with Gasteiger partial charge in [-0.3, -0.25) is 4.79 Å². The summed E-state index contributed by atoms with van der Waals surface area (Å²) in [6.45, 7) is 2.79. The fraction of sp³-hybridized carbons (Fsp3) is 0.421. The smallest absolute Gasteiger partial charge is 0.237 e. The van der Waals surface area contributed by atoms with Crippen LogP contribution < -0.4 is 10.6 Å². The number of nitrogens with one attached hydrogen (secondary N) is 2. The zero-order valence-electron chi connectivity index (χ0n) is 13.5. The van der Waals surface area contributed by atoms with Gasteiger partial charge in [-0.2, -0.15) is 0 Å². The van der Waals surface area contributed by atoms with Crippen LogP contribution in [0.4, 0.5) is 0 Å². The van der Waals surface area contributed by atoms with Crippen molar-refractivity contribution in [2.75, 3.05) is 13.6 Å². The summed E-state index contributed by atoms with van der Waals surface area (Å²) in [5.74, 6) is 0.544. The number of likely N-dealkylation sites (N-methyl/N-ethyl adjacent to an activating group) is 1. The molecule has 1 aliphatic carbocycles. The van der Waals surface area contributed by atoms with Crippen LogP contribution in [-0.2, 0) is 4.79 Å². The Morgan fingerprint density at radius 2 is 2.05 bits per heavy atom. The molecule has 0 aliphatic heterocycles. The molecule has 22 heavy (non-hydrogen) atoms. The van der Waals surface area contributed by atoms with Crippen molar-refractivity contribution in [2.45, 2.75) is 31.7 Å². The fourth-order valence-corrected chi connectivity index (χ4v) is 3.06. The van der Waals surface area contributed by atoms with Crippen LogP contribution in [0.1, 0.15) is 31.2 Å². The molecule has 0 radical (unpaired) electrons. The van der Waals surface area contributed by atoms with Gasteiger partial charge in [0.1, 0.15) is 0 Å². The van der Waals surface area contributed by atoms with Crippen LogP contribution in [-0.4, -0.2) is 25.5 Å². The number of hydrogen-bond donors (Lipinski definition) is 2. The van der Waals surface area contributed by atoms with Crippen molar-refractivity contribution in [3.63, 3.8) is 0 Å². The first-order valence-corrected chi connectivity index (χ1v) is 8.11. The van der Waals surface area contributed by atoms with E-state index in [0.29, 0.717) is 5.92 Å². The summed E-state index contributed by atoms with van der Waals surface area (Å²) in [5, 5.41) is 6.27. The standard InChI is InChI=1S/C19H26N2O/c1-3-14-21-19(22)18(20-2)17(15-10-6-4-7-11-15)16-12-8-5-9-13-16/h4-12,16-18,20H,3,13-14H2,1-2H3,(H,21,22)/t16?,17?,18-/m0/s1. The van der Waals surface area contributed by atoms with Crippen LogP contribution in [0.2, 0.25) is 0 Å². The van der Waals surface area contributed by atoms with Gasteiger partial charge < -0.3 is 10.6 Å². The van der Waals surface area contributed by atoms with Crippen molar-refractivity contribution in [3.8, 4) is 0 Å². The Labute approximate surface area is 133 Å². The molecular formula is C19H26N2O. The minimum atomic E-state index is -0.227. The average molecular weight is 298 g/mol. The number of amides is 1. The lowest BCUT2D eigenvalue weighted by Gasteiger charge is -2.32. The number of carbonyl (C=O) groups is 1. The molecule has 0 fully saturated rings. The van der Waals surface area contributed by atoms with Gasteiger partial charge >= 0.3 is 0 Å². The molecule has 0 saturated heterocycles. The van der Waals surface area contributed by atoms with Gasteiger partial charge in [0.05, 0.1) is 6.04 Å². The normalized spacial score (nSPS) is 19.6. The van der Waals surface area contributed by atoms with E-state index in [1.807, 2.05) is 25.2 Å². The topological polar surface area (TPSA) is 41.1 Å². The minimum Gasteiger partial charge on any atom is -0.355 e. The number of allylic oxidation sites excluding steroid dienone is 4. The van der Waals surface area contributed by atoms with Gasteiger partial charge in [-0.15, -0.1) is 0 Å². The third kappa shape index (κ3) is 4.08.